The molecule has 1 heterocycles. The van der Waals surface area contributed by atoms with Crippen molar-refractivity contribution < 1.29 is 4.74 Å². The summed E-state index contributed by atoms with van der Waals surface area (Å²) >= 11 is 6.00. The first-order valence-corrected chi connectivity index (χ1v) is 5.71. The van der Waals surface area contributed by atoms with E-state index < -0.39 is 0 Å². The summed E-state index contributed by atoms with van der Waals surface area (Å²) in [5, 5.41) is 0.541. The Morgan fingerprint density at radius 1 is 1.18 bits per heavy atom. The molecule has 2 N–H and O–H groups in total. The van der Waals surface area contributed by atoms with Gasteiger partial charge < -0.3 is 10.5 Å². The van der Waals surface area contributed by atoms with Crippen molar-refractivity contribution in [2.24, 2.45) is 0 Å². The highest BCUT2D eigenvalue weighted by atomic mass is 35.5. The SMILES string of the molecule is Nc1cccc(Cl)c1OCCc1ccncc1. The minimum Gasteiger partial charge on any atom is -0.490 e. The van der Waals surface area contributed by atoms with Crippen molar-refractivity contribution in [2.45, 2.75) is 6.42 Å². The number of rotatable bonds is 4. The molecule has 0 atom stereocenters. The minimum absolute atomic E-state index is 0.540. The Balaban J connectivity index is 1.95. The maximum Gasteiger partial charge on any atom is 0.160 e. The molecule has 0 amide bonds. The molecule has 0 aliphatic heterocycles. The highest BCUT2D eigenvalue weighted by Crippen LogP contribution is 2.30. The molecule has 0 bridgehead atoms. The Morgan fingerprint density at radius 3 is 2.65 bits per heavy atom. The number of para-hydroxylation sites is 1. The number of aromatic nitrogens is 1. The molecule has 0 saturated heterocycles. The Bertz CT molecular complexity index is 468. The van der Waals surface area contributed by atoms with Crippen molar-refractivity contribution in [1.29, 1.82) is 0 Å². The molecule has 1 aromatic carbocycles. The van der Waals surface area contributed by atoms with E-state index in [2.05, 4.69) is 4.98 Å². The van der Waals surface area contributed by atoms with Gasteiger partial charge >= 0.3 is 0 Å². The average molecular weight is 249 g/mol. The van der Waals surface area contributed by atoms with E-state index in [-0.39, 0.29) is 0 Å². The molecule has 3 nitrogen and oxygen atoms in total. The van der Waals surface area contributed by atoms with E-state index in [0.29, 0.717) is 23.1 Å². The molecule has 0 saturated carbocycles. The van der Waals surface area contributed by atoms with Gasteiger partial charge in [0.25, 0.3) is 0 Å². The Hall–Kier alpha value is -1.74. The molecule has 2 rings (SSSR count). The summed E-state index contributed by atoms with van der Waals surface area (Å²) in [6, 6.07) is 9.25. The highest BCUT2D eigenvalue weighted by Gasteiger charge is 2.05. The lowest BCUT2D eigenvalue weighted by molar-refractivity contribution is 0.324. The molecule has 0 spiro atoms. The van der Waals surface area contributed by atoms with Crippen molar-refractivity contribution in [3.63, 3.8) is 0 Å². The molecule has 0 aliphatic carbocycles. The van der Waals surface area contributed by atoms with Crippen LogP contribution in [0.5, 0.6) is 5.75 Å². The minimum atomic E-state index is 0.540. The van der Waals surface area contributed by atoms with E-state index in [0.717, 1.165) is 6.42 Å². The number of halogens is 1. The predicted molar refractivity (Wildman–Crippen MR) is 69.3 cm³/mol. The second kappa shape index (κ2) is 5.55. The second-order valence-corrected chi connectivity index (χ2v) is 4.02. The lowest BCUT2D eigenvalue weighted by Crippen LogP contribution is -2.03. The lowest BCUT2D eigenvalue weighted by atomic mass is 10.2. The molecule has 0 radical (unpaired) electrons. The summed E-state index contributed by atoms with van der Waals surface area (Å²) in [6.07, 6.45) is 4.32. The smallest absolute Gasteiger partial charge is 0.160 e. The van der Waals surface area contributed by atoms with Crippen molar-refractivity contribution >= 4 is 17.3 Å². The van der Waals surface area contributed by atoms with Gasteiger partial charge in [0, 0.05) is 18.8 Å². The fourth-order valence-electron chi connectivity index (χ4n) is 1.50. The number of hydrogen-bond donors (Lipinski definition) is 1. The normalized spacial score (nSPS) is 10.2. The molecular formula is C13H13ClN2O. The third-order valence-electron chi connectivity index (χ3n) is 2.38. The van der Waals surface area contributed by atoms with Gasteiger partial charge in [-0.05, 0) is 29.8 Å². The van der Waals surface area contributed by atoms with E-state index in [1.54, 1.807) is 30.6 Å². The van der Waals surface area contributed by atoms with Crippen LogP contribution < -0.4 is 10.5 Å². The predicted octanol–water partition coefficient (Wildman–Crippen LogP) is 2.94. The number of anilines is 1. The zero-order chi connectivity index (χ0) is 12.1. The van der Waals surface area contributed by atoms with Crippen molar-refractivity contribution in [3.8, 4) is 5.75 Å². The number of hydrogen-bond acceptors (Lipinski definition) is 3. The zero-order valence-corrected chi connectivity index (χ0v) is 10.0. The van der Waals surface area contributed by atoms with Gasteiger partial charge in [0.15, 0.2) is 5.75 Å². The number of nitrogen functional groups attached to an aromatic ring is 1. The number of nitrogens with zero attached hydrogens (tertiary/aromatic N) is 1. The van der Waals surface area contributed by atoms with E-state index in [1.807, 2.05) is 12.1 Å². The number of nitrogens with two attached hydrogens (primary N) is 1. The Labute approximate surface area is 105 Å². The topological polar surface area (TPSA) is 48.1 Å². The first-order chi connectivity index (χ1) is 8.27. The Morgan fingerprint density at radius 2 is 1.94 bits per heavy atom. The number of ether oxygens (including phenoxy) is 1. The first-order valence-electron chi connectivity index (χ1n) is 5.33. The molecule has 0 fully saturated rings. The summed E-state index contributed by atoms with van der Waals surface area (Å²) in [6.45, 7) is 0.540. The van der Waals surface area contributed by atoms with Crippen LogP contribution in [0.25, 0.3) is 0 Å². The van der Waals surface area contributed by atoms with E-state index in [4.69, 9.17) is 22.1 Å². The molecule has 88 valence electrons. The van der Waals surface area contributed by atoms with Crippen LogP contribution >= 0.6 is 11.6 Å². The summed E-state index contributed by atoms with van der Waals surface area (Å²) < 4.78 is 5.59. The summed E-state index contributed by atoms with van der Waals surface area (Å²) in [4.78, 5) is 3.96. The molecule has 0 aliphatic rings. The standard InChI is InChI=1S/C13H13ClN2O/c14-11-2-1-3-12(15)13(11)17-9-6-10-4-7-16-8-5-10/h1-5,7-8H,6,9,15H2. The fraction of sp³-hybridized carbons (Fsp3) is 0.154. The number of pyridine rings is 1. The second-order valence-electron chi connectivity index (χ2n) is 3.61. The van der Waals surface area contributed by atoms with Gasteiger partial charge in [0.2, 0.25) is 0 Å². The highest BCUT2D eigenvalue weighted by molar-refractivity contribution is 6.32. The monoisotopic (exact) mass is 248 g/mol. The quantitative estimate of drug-likeness (QED) is 0.847. The van der Waals surface area contributed by atoms with Gasteiger partial charge in [0.1, 0.15) is 0 Å². The van der Waals surface area contributed by atoms with Crippen LogP contribution in [0.1, 0.15) is 5.56 Å². The van der Waals surface area contributed by atoms with E-state index >= 15 is 0 Å². The van der Waals surface area contributed by atoms with Gasteiger partial charge in [-0.15, -0.1) is 0 Å². The van der Waals surface area contributed by atoms with Crippen LogP contribution in [0, 0.1) is 0 Å². The maximum absolute atomic E-state index is 6.00. The maximum atomic E-state index is 6.00. The molecule has 2 aromatic rings. The molecule has 17 heavy (non-hydrogen) atoms. The van der Waals surface area contributed by atoms with Gasteiger partial charge in [-0.25, -0.2) is 0 Å². The Kier molecular flexibility index (Phi) is 3.83. The third-order valence-corrected chi connectivity index (χ3v) is 2.68. The summed E-state index contributed by atoms with van der Waals surface area (Å²) in [5.74, 6) is 0.559. The van der Waals surface area contributed by atoms with Crippen LogP contribution in [-0.2, 0) is 6.42 Å². The van der Waals surface area contributed by atoms with Gasteiger partial charge in [-0.1, -0.05) is 17.7 Å². The van der Waals surface area contributed by atoms with Crippen LogP contribution in [0.3, 0.4) is 0 Å². The van der Waals surface area contributed by atoms with E-state index in [1.165, 1.54) is 5.56 Å². The fourth-order valence-corrected chi connectivity index (χ4v) is 1.73. The summed E-state index contributed by atoms with van der Waals surface area (Å²) in [5.41, 5.74) is 7.52. The zero-order valence-electron chi connectivity index (χ0n) is 9.27. The summed E-state index contributed by atoms with van der Waals surface area (Å²) in [7, 11) is 0. The van der Waals surface area contributed by atoms with Crippen molar-refractivity contribution in [3.05, 3.63) is 53.3 Å². The van der Waals surface area contributed by atoms with Crippen LogP contribution in [0.15, 0.2) is 42.7 Å². The average Bonchev–Trinajstić information content (AvgIpc) is 2.34. The largest absolute Gasteiger partial charge is 0.490 e. The van der Waals surface area contributed by atoms with E-state index in [9.17, 15) is 0 Å². The first kappa shape index (κ1) is 11.7. The molecule has 4 heteroatoms. The van der Waals surface area contributed by atoms with Crippen LogP contribution in [0.2, 0.25) is 5.02 Å². The molecule has 0 unspecified atom stereocenters. The van der Waals surface area contributed by atoms with Gasteiger partial charge in [-0.3, -0.25) is 4.98 Å². The third kappa shape index (κ3) is 3.11. The van der Waals surface area contributed by atoms with Crippen LogP contribution in [0.4, 0.5) is 5.69 Å². The van der Waals surface area contributed by atoms with Gasteiger partial charge in [0.05, 0.1) is 17.3 Å². The lowest BCUT2D eigenvalue weighted by Gasteiger charge is -2.10. The number of benzene rings is 1. The van der Waals surface area contributed by atoms with Crippen molar-refractivity contribution in [2.75, 3.05) is 12.3 Å². The van der Waals surface area contributed by atoms with Crippen molar-refractivity contribution in [1.82, 2.24) is 4.98 Å². The van der Waals surface area contributed by atoms with Gasteiger partial charge in [-0.2, -0.15) is 0 Å². The molecular weight excluding hydrogens is 236 g/mol. The van der Waals surface area contributed by atoms with Crippen LogP contribution in [-0.4, -0.2) is 11.6 Å². The molecule has 1 aromatic heterocycles.